The Morgan fingerprint density at radius 3 is 3.14 bits per heavy atom. The van der Waals surface area contributed by atoms with Crippen molar-refractivity contribution in [2.45, 2.75) is 25.7 Å². The minimum Gasteiger partial charge on any atom is -0.467 e. The summed E-state index contributed by atoms with van der Waals surface area (Å²) in [5.74, 6) is 0.831. The number of ether oxygens (including phenoxy) is 2. The maximum absolute atomic E-state index is 5.59. The van der Waals surface area contributed by atoms with Gasteiger partial charge in [0.1, 0.15) is 12.4 Å². The van der Waals surface area contributed by atoms with Crippen molar-refractivity contribution in [3.63, 3.8) is 0 Å². The molecule has 0 saturated carbocycles. The summed E-state index contributed by atoms with van der Waals surface area (Å²) in [6.07, 6.45) is 2.87. The third kappa shape index (κ3) is 2.35. The van der Waals surface area contributed by atoms with E-state index in [9.17, 15) is 0 Å². The van der Waals surface area contributed by atoms with E-state index in [0.717, 1.165) is 24.4 Å². The van der Waals surface area contributed by atoms with Crippen molar-refractivity contribution < 1.29 is 13.9 Å². The zero-order valence-electron chi connectivity index (χ0n) is 8.07. The average Bonchev–Trinajstić information content (AvgIpc) is 2.86. The van der Waals surface area contributed by atoms with Gasteiger partial charge >= 0.3 is 0 Å². The first-order valence-corrected chi connectivity index (χ1v) is 4.84. The van der Waals surface area contributed by atoms with Gasteiger partial charge in [-0.25, -0.2) is 0 Å². The summed E-state index contributed by atoms with van der Waals surface area (Å²) in [6.45, 7) is 2.52. The fourth-order valence-corrected chi connectivity index (χ4v) is 1.45. The van der Waals surface area contributed by atoms with Gasteiger partial charge in [-0.3, -0.25) is 0 Å². The third-order valence-corrected chi connectivity index (χ3v) is 2.29. The second kappa shape index (κ2) is 4.59. The second-order valence-corrected chi connectivity index (χ2v) is 3.42. The monoisotopic (exact) mass is 197 g/mol. The highest BCUT2D eigenvalue weighted by Gasteiger charge is 2.16. The number of furan rings is 1. The van der Waals surface area contributed by atoms with Crippen LogP contribution in [0.1, 0.15) is 17.7 Å². The molecule has 1 fully saturated rings. The molecule has 0 spiro atoms. The first-order valence-electron chi connectivity index (χ1n) is 4.84. The van der Waals surface area contributed by atoms with E-state index in [4.69, 9.17) is 19.6 Å². The lowest BCUT2D eigenvalue weighted by Gasteiger charge is -2.07. The first-order chi connectivity index (χ1) is 6.88. The normalized spacial score (nSPS) is 21.6. The standard InChI is InChI=1S/C10H15NO3/c11-4-8-3-10(13-5-8)7-14-9-1-2-12-6-9/h3,5,9H,1-2,4,6-7,11H2. The SMILES string of the molecule is NCc1coc(COC2CCOC2)c1. The van der Waals surface area contributed by atoms with Gasteiger partial charge in [0.15, 0.2) is 0 Å². The third-order valence-electron chi connectivity index (χ3n) is 2.29. The Bertz CT molecular complexity index is 279. The first kappa shape index (κ1) is 9.71. The molecule has 0 bridgehead atoms. The van der Waals surface area contributed by atoms with Crippen molar-refractivity contribution in [2.24, 2.45) is 5.73 Å². The van der Waals surface area contributed by atoms with Crippen LogP contribution in [0.2, 0.25) is 0 Å². The summed E-state index contributed by atoms with van der Waals surface area (Å²) in [5, 5.41) is 0. The summed E-state index contributed by atoms with van der Waals surface area (Å²) in [6, 6.07) is 1.93. The molecule has 0 aromatic carbocycles. The summed E-state index contributed by atoms with van der Waals surface area (Å²) in [5.41, 5.74) is 6.47. The van der Waals surface area contributed by atoms with Crippen molar-refractivity contribution in [3.8, 4) is 0 Å². The second-order valence-electron chi connectivity index (χ2n) is 3.42. The molecule has 0 radical (unpaired) electrons. The number of nitrogens with two attached hydrogens (primary N) is 1. The predicted molar refractivity (Wildman–Crippen MR) is 50.6 cm³/mol. The highest BCUT2D eigenvalue weighted by Crippen LogP contribution is 2.13. The van der Waals surface area contributed by atoms with Gasteiger partial charge in [-0.1, -0.05) is 0 Å². The van der Waals surface area contributed by atoms with E-state index in [1.165, 1.54) is 0 Å². The summed E-state index contributed by atoms with van der Waals surface area (Å²) in [4.78, 5) is 0. The molecule has 0 aliphatic carbocycles. The van der Waals surface area contributed by atoms with E-state index in [-0.39, 0.29) is 6.10 Å². The Balaban J connectivity index is 1.79. The molecule has 1 saturated heterocycles. The molecule has 2 rings (SSSR count). The quantitative estimate of drug-likeness (QED) is 0.783. The lowest BCUT2D eigenvalue weighted by Crippen LogP contribution is -2.11. The van der Waals surface area contributed by atoms with Gasteiger partial charge in [0.2, 0.25) is 0 Å². The highest BCUT2D eigenvalue weighted by molar-refractivity contribution is 5.11. The van der Waals surface area contributed by atoms with Crippen molar-refractivity contribution in [1.82, 2.24) is 0 Å². The topological polar surface area (TPSA) is 57.6 Å². The van der Waals surface area contributed by atoms with Crippen LogP contribution in [-0.4, -0.2) is 19.3 Å². The highest BCUT2D eigenvalue weighted by atomic mass is 16.5. The number of hydrogen-bond donors (Lipinski definition) is 1. The van der Waals surface area contributed by atoms with Crippen LogP contribution >= 0.6 is 0 Å². The Hall–Kier alpha value is -0.840. The van der Waals surface area contributed by atoms with Gasteiger partial charge in [-0.2, -0.15) is 0 Å². The van der Waals surface area contributed by atoms with Crippen LogP contribution in [0.3, 0.4) is 0 Å². The lowest BCUT2D eigenvalue weighted by molar-refractivity contribution is 0.0235. The maximum atomic E-state index is 5.59. The molecule has 1 unspecified atom stereocenters. The largest absolute Gasteiger partial charge is 0.467 e. The van der Waals surface area contributed by atoms with E-state index in [2.05, 4.69) is 0 Å². The van der Waals surface area contributed by atoms with Gasteiger partial charge in [-0.15, -0.1) is 0 Å². The summed E-state index contributed by atoms with van der Waals surface area (Å²) < 4.78 is 16.1. The van der Waals surface area contributed by atoms with Gasteiger partial charge in [0, 0.05) is 18.7 Å². The summed E-state index contributed by atoms with van der Waals surface area (Å²) in [7, 11) is 0. The minimum absolute atomic E-state index is 0.224. The van der Waals surface area contributed by atoms with Gasteiger partial charge in [0.05, 0.1) is 19.0 Å². The molecule has 2 heterocycles. The summed E-state index contributed by atoms with van der Waals surface area (Å²) >= 11 is 0. The molecule has 1 aliphatic rings. The van der Waals surface area contributed by atoms with Crippen LogP contribution < -0.4 is 5.73 Å². The fourth-order valence-electron chi connectivity index (χ4n) is 1.45. The van der Waals surface area contributed by atoms with Crippen molar-refractivity contribution >= 4 is 0 Å². The molecule has 14 heavy (non-hydrogen) atoms. The minimum atomic E-state index is 0.224. The Labute approximate surface area is 83.0 Å². The average molecular weight is 197 g/mol. The Kier molecular flexibility index (Phi) is 3.18. The van der Waals surface area contributed by atoms with Gasteiger partial charge < -0.3 is 19.6 Å². The fraction of sp³-hybridized carbons (Fsp3) is 0.600. The van der Waals surface area contributed by atoms with Crippen LogP contribution in [-0.2, 0) is 22.6 Å². The molecule has 1 aromatic rings. The van der Waals surface area contributed by atoms with E-state index in [0.29, 0.717) is 19.8 Å². The molecule has 78 valence electrons. The lowest BCUT2D eigenvalue weighted by atomic mass is 10.3. The zero-order valence-corrected chi connectivity index (χ0v) is 8.07. The van der Waals surface area contributed by atoms with Crippen molar-refractivity contribution in [1.29, 1.82) is 0 Å². The molecule has 1 aromatic heterocycles. The molecular weight excluding hydrogens is 182 g/mol. The van der Waals surface area contributed by atoms with E-state index < -0.39 is 0 Å². The molecule has 4 heteroatoms. The smallest absolute Gasteiger partial charge is 0.129 e. The van der Waals surface area contributed by atoms with Gasteiger partial charge in [-0.05, 0) is 12.5 Å². The Morgan fingerprint density at radius 2 is 2.50 bits per heavy atom. The molecule has 1 atom stereocenters. The van der Waals surface area contributed by atoms with Crippen LogP contribution in [0.5, 0.6) is 0 Å². The predicted octanol–water partition coefficient (Wildman–Crippen LogP) is 1.04. The molecule has 4 nitrogen and oxygen atoms in total. The van der Waals surface area contributed by atoms with E-state index in [1.807, 2.05) is 6.07 Å². The Morgan fingerprint density at radius 1 is 1.57 bits per heavy atom. The molecular formula is C10H15NO3. The van der Waals surface area contributed by atoms with E-state index >= 15 is 0 Å². The van der Waals surface area contributed by atoms with Crippen LogP contribution in [0, 0.1) is 0 Å². The molecule has 2 N–H and O–H groups in total. The van der Waals surface area contributed by atoms with Crippen LogP contribution in [0.4, 0.5) is 0 Å². The zero-order chi connectivity index (χ0) is 9.80. The van der Waals surface area contributed by atoms with Crippen LogP contribution in [0.15, 0.2) is 16.7 Å². The van der Waals surface area contributed by atoms with Gasteiger partial charge in [0.25, 0.3) is 0 Å². The molecule has 0 amide bonds. The maximum Gasteiger partial charge on any atom is 0.129 e. The van der Waals surface area contributed by atoms with E-state index in [1.54, 1.807) is 6.26 Å². The van der Waals surface area contributed by atoms with Crippen molar-refractivity contribution in [2.75, 3.05) is 13.2 Å². The number of rotatable bonds is 4. The van der Waals surface area contributed by atoms with Crippen molar-refractivity contribution in [3.05, 3.63) is 23.7 Å². The molecule has 1 aliphatic heterocycles. The van der Waals surface area contributed by atoms with Crippen LogP contribution in [0.25, 0.3) is 0 Å². The number of hydrogen-bond acceptors (Lipinski definition) is 4.